The smallest absolute Gasteiger partial charge is 0.119 e. The topological polar surface area (TPSA) is 44.5 Å². The first-order chi connectivity index (χ1) is 7.69. The second-order valence-corrected chi connectivity index (χ2v) is 4.47. The van der Waals surface area contributed by atoms with Crippen LogP contribution in [0.1, 0.15) is 24.0 Å². The van der Waals surface area contributed by atoms with Crippen LogP contribution in [0.15, 0.2) is 18.2 Å². The maximum absolute atomic E-state index is 6.42. The lowest BCUT2D eigenvalue weighted by Gasteiger charge is -2.35. The molecule has 0 amide bonds. The van der Waals surface area contributed by atoms with Crippen LogP contribution in [0.2, 0.25) is 0 Å². The average Bonchev–Trinajstić information content (AvgIpc) is 2.29. The van der Waals surface area contributed by atoms with Gasteiger partial charge in [-0.15, -0.1) is 0 Å². The summed E-state index contributed by atoms with van der Waals surface area (Å²) in [6.07, 6.45) is 3.20. The van der Waals surface area contributed by atoms with Gasteiger partial charge in [-0.05, 0) is 42.5 Å². The highest BCUT2D eigenvalue weighted by Gasteiger charge is 2.32. The summed E-state index contributed by atoms with van der Waals surface area (Å²) < 4.78 is 10.5. The van der Waals surface area contributed by atoms with Gasteiger partial charge >= 0.3 is 0 Å². The number of hydrogen-bond donors (Lipinski definition) is 1. The molecule has 0 spiro atoms. The Morgan fingerprint density at radius 1 is 1.38 bits per heavy atom. The Hall–Kier alpha value is -1.06. The van der Waals surface area contributed by atoms with Crippen LogP contribution in [-0.2, 0) is 16.7 Å². The van der Waals surface area contributed by atoms with Gasteiger partial charge in [-0.25, -0.2) is 0 Å². The molecule has 16 heavy (non-hydrogen) atoms. The van der Waals surface area contributed by atoms with Crippen molar-refractivity contribution in [1.29, 1.82) is 0 Å². The summed E-state index contributed by atoms with van der Waals surface area (Å²) in [6.45, 7) is 0.563. The maximum Gasteiger partial charge on any atom is 0.119 e. The first-order valence-corrected chi connectivity index (χ1v) is 5.65. The minimum Gasteiger partial charge on any atom is -0.497 e. The van der Waals surface area contributed by atoms with E-state index in [2.05, 4.69) is 6.07 Å². The van der Waals surface area contributed by atoms with Crippen molar-refractivity contribution in [1.82, 2.24) is 0 Å². The van der Waals surface area contributed by atoms with Crippen LogP contribution in [-0.4, -0.2) is 20.8 Å². The molecular formula is C13H19NO2. The van der Waals surface area contributed by atoms with Crippen molar-refractivity contribution in [2.75, 3.05) is 20.8 Å². The Kier molecular flexibility index (Phi) is 3.17. The lowest BCUT2D eigenvalue weighted by molar-refractivity contribution is 0.121. The van der Waals surface area contributed by atoms with E-state index in [0.717, 1.165) is 25.0 Å². The molecule has 3 heteroatoms. The molecule has 0 radical (unpaired) electrons. The number of methoxy groups -OCH3 is 2. The van der Waals surface area contributed by atoms with Crippen molar-refractivity contribution < 1.29 is 9.47 Å². The second kappa shape index (κ2) is 4.44. The summed E-state index contributed by atoms with van der Waals surface area (Å²) in [5, 5.41) is 0. The minimum absolute atomic E-state index is 0.350. The lowest BCUT2D eigenvalue weighted by atomic mass is 9.77. The van der Waals surface area contributed by atoms with Crippen LogP contribution in [0.3, 0.4) is 0 Å². The highest BCUT2D eigenvalue weighted by molar-refractivity contribution is 5.41. The molecule has 88 valence electrons. The Bertz CT molecular complexity index is 378. The number of benzene rings is 1. The Morgan fingerprint density at radius 3 is 2.88 bits per heavy atom. The van der Waals surface area contributed by atoms with E-state index >= 15 is 0 Å². The standard InChI is InChI=1S/C13H19NO2/c1-15-9-13(14)7-3-4-10-5-6-11(16-2)8-12(10)13/h5-6,8H,3-4,7,9,14H2,1-2H3. The highest BCUT2D eigenvalue weighted by Crippen LogP contribution is 2.35. The zero-order valence-corrected chi connectivity index (χ0v) is 9.95. The van der Waals surface area contributed by atoms with Gasteiger partial charge in [0.25, 0.3) is 0 Å². The summed E-state index contributed by atoms with van der Waals surface area (Å²) >= 11 is 0. The average molecular weight is 221 g/mol. The van der Waals surface area contributed by atoms with Gasteiger partial charge in [0.1, 0.15) is 5.75 Å². The van der Waals surface area contributed by atoms with Gasteiger partial charge in [-0.1, -0.05) is 6.07 Å². The molecule has 0 aromatic heterocycles. The van der Waals surface area contributed by atoms with Crippen molar-refractivity contribution in [3.8, 4) is 5.75 Å². The van der Waals surface area contributed by atoms with E-state index in [1.807, 2.05) is 12.1 Å². The molecule has 1 unspecified atom stereocenters. The van der Waals surface area contributed by atoms with Gasteiger partial charge in [-0.2, -0.15) is 0 Å². The van der Waals surface area contributed by atoms with Crippen LogP contribution in [0.25, 0.3) is 0 Å². The SMILES string of the molecule is COCC1(N)CCCc2ccc(OC)cc21. The molecule has 2 rings (SSSR count). The molecule has 0 saturated carbocycles. The fourth-order valence-corrected chi connectivity index (χ4v) is 2.50. The Balaban J connectivity index is 2.42. The van der Waals surface area contributed by atoms with Gasteiger partial charge in [0.2, 0.25) is 0 Å². The van der Waals surface area contributed by atoms with Gasteiger partial charge < -0.3 is 15.2 Å². The molecule has 0 aliphatic heterocycles. The molecule has 2 N–H and O–H groups in total. The first-order valence-electron chi connectivity index (χ1n) is 5.65. The van der Waals surface area contributed by atoms with Gasteiger partial charge in [0.05, 0.1) is 19.3 Å². The van der Waals surface area contributed by atoms with Crippen LogP contribution in [0, 0.1) is 0 Å². The maximum atomic E-state index is 6.42. The summed E-state index contributed by atoms with van der Waals surface area (Å²) in [7, 11) is 3.38. The predicted octanol–water partition coefficient (Wildman–Crippen LogP) is 1.83. The Labute approximate surface area is 96.5 Å². The number of hydrogen-bond acceptors (Lipinski definition) is 3. The lowest BCUT2D eigenvalue weighted by Crippen LogP contribution is -2.44. The predicted molar refractivity (Wildman–Crippen MR) is 63.7 cm³/mol. The molecule has 1 aromatic carbocycles. The molecule has 1 aromatic rings. The third kappa shape index (κ3) is 1.93. The molecule has 1 aliphatic carbocycles. The van der Waals surface area contributed by atoms with E-state index < -0.39 is 0 Å². The number of nitrogens with two attached hydrogens (primary N) is 1. The van der Waals surface area contributed by atoms with Crippen LogP contribution >= 0.6 is 0 Å². The van der Waals surface area contributed by atoms with Gasteiger partial charge in [0.15, 0.2) is 0 Å². The minimum atomic E-state index is -0.350. The van der Waals surface area contributed by atoms with E-state index in [0.29, 0.717) is 6.61 Å². The third-order valence-electron chi connectivity index (χ3n) is 3.32. The first kappa shape index (κ1) is 11.4. The van der Waals surface area contributed by atoms with Gasteiger partial charge in [-0.3, -0.25) is 0 Å². The van der Waals surface area contributed by atoms with E-state index in [4.69, 9.17) is 15.2 Å². The fourth-order valence-electron chi connectivity index (χ4n) is 2.50. The zero-order chi connectivity index (χ0) is 11.6. The molecule has 0 saturated heterocycles. The van der Waals surface area contributed by atoms with Crippen molar-refractivity contribution in [3.63, 3.8) is 0 Å². The molecule has 3 nitrogen and oxygen atoms in total. The molecule has 1 atom stereocenters. The summed E-state index contributed by atoms with van der Waals surface area (Å²) in [6, 6.07) is 6.16. The van der Waals surface area contributed by atoms with Gasteiger partial charge in [0, 0.05) is 7.11 Å². The molecule has 0 fully saturated rings. The summed E-state index contributed by atoms with van der Waals surface area (Å²) in [5.41, 5.74) is 8.58. The molecule has 0 heterocycles. The fraction of sp³-hybridized carbons (Fsp3) is 0.538. The quantitative estimate of drug-likeness (QED) is 0.847. The third-order valence-corrected chi connectivity index (χ3v) is 3.32. The van der Waals surface area contributed by atoms with E-state index in [1.54, 1.807) is 14.2 Å². The summed E-state index contributed by atoms with van der Waals surface area (Å²) in [5.74, 6) is 0.867. The second-order valence-electron chi connectivity index (χ2n) is 4.47. The van der Waals surface area contributed by atoms with Crippen LogP contribution in [0.4, 0.5) is 0 Å². The molecule has 0 bridgehead atoms. The number of aryl methyl sites for hydroxylation is 1. The van der Waals surface area contributed by atoms with Crippen LogP contribution < -0.4 is 10.5 Å². The number of ether oxygens (including phenoxy) is 2. The molecule has 1 aliphatic rings. The van der Waals surface area contributed by atoms with E-state index in [-0.39, 0.29) is 5.54 Å². The largest absolute Gasteiger partial charge is 0.497 e. The Morgan fingerprint density at radius 2 is 2.19 bits per heavy atom. The normalized spacial score (nSPS) is 23.9. The summed E-state index contributed by atoms with van der Waals surface area (Å²) in [4.78, 5) is 0. The number of fused-ring (bicyclic) bond motifs is 1. The van der Waals surface area contributed by atoms with Crippen molar-refractivity contribution in [2.45, 2.75) is 24.8 Å². The monoisotopic (exact) mass is 221 g/mol. The molecular weight excluding hydrogens is 202 g/mol. The van der Waals surface area contributed by atoms with Crippen molar-refractivity contribution in [2.24, 2.45) is 5.73 Å². The number of rotatable bonds is 3. The van der Waals surface area contributed by atoms with E-state index in [9.17, 15) is 0 Å². The zero-order valence-electron chi connectivity index (χ0n) is 9.95. The highest BCUT2D eigenvalue weighted by atomic mass is 16.5. The van der Waals surface area contributed by atoms with Crippen molar-refractivity contribution in [3.05, 3.63) is 29.3 Å². The van der Waals surface area contributed by atoms with E-state index in [1.165, 1.54) is 11.1 Å². The van der Waals surface area contributed by atoms with Crippen LogP contribution in [0.5, 0.6) is 5.75 Å². The van der Waals surface area contributed by atoms with Crippen molar-refractivity contribution >= 4 is 0 Å².